The molecule has 208 valence electrons. The highest BCUT2D eigenvalue weighted by molar-refractivity contribution is 6.42. The molecule has 0 unspecified atom stereocenters. The van der Waals surface area contributed by atoms with Crippen LogP contribution in [0.2, 0.25) is 10.0 Å². The zero-order valence-electron chi connectivity index (χ0n) is 21.9. The Morgan fingerprint density at radius 1 is 1.02 bits per heavy atom. The Kier molecular flexibility index (Phi) is 8.09. The molecule has 2 aliphatic heterocycles. The van der Waals surface area contributed by atoms with E-state index in [4.69, 9.17) is 46.9 Å². The first kappa shape index (κ1) is 27.7. The number of fused-ring (bicyclic) bond motifs is 2. The van der Waals surface area contributed by atoms with Gasteiger partial charge in [-0.25, -0.2) is 9.59 Å². The standard InChI is InChI=1S/C30H27Cl2NO7/c1-17(2)39-30(35)33-14-21-13-27-26(12-20(21)11-25(33)29(34)36-3)38-16-28(40-27)19-5-7-22(8-6-19)37-15-18-4-9-23(31)24(32)10-18/h4-10,12-13,25,28H,1,11,14-16H2,2-3H3/t25-,28-/m0/s1. The Morgan fingerprint density at radius 3 is 2.48 bits per heavy atom. The summed E-state index contributed by atoms with van der Waals surface area (Å²) in [5.74, 6) is 1.54. The summed E-state index contributed by atoms with van der Waals surface area (Å²) in [6, 6.07) is 15.9. The molecule has 2 atom stereocenters. The highest BCUT2D eigenvalue weighted by Crippen LogP contribution is 2.41. The highest BCUT2D eigenvalue weighted by Gasteiger charge is 2.38. The van der Waals surface area contributed by atoms with Crippen LogP contribution in [0.5, 0.6) is 17.2 Å². The van der Waals surface area contributed by atoms with Gasteiger partial charge in [-0.05, 0) is 65.6 Å². The second-order valence-electron chi connectivity index (χ2n) is 9.53. The van der Waals surface area contributed by atoms with Crippen molar-refractivity contribution in [1.29, 1.82) is 0 Å². The SMILES string of the molecule is C=C(C)OC(=O)N1Cc2cc3c(cc2C[C@H]1C(=O)OC)OC[C@@H](c1ccc(OCc2ccc(Cl)c(Cl)c2)cc1)O3. The van der Waals surface area contributed by atoms with Crippen molar-refractivity contribution in [2.45, 2.75) is 38.6 Å². The highest BCUT2D eigenvalue weighted by atomic mass is 35.5. The van der Waals surface area contributed by atoms with Crippen molar-refractivity contribution < 1.29 is 33.3 Å². The molecule has 3 aromatic rings. The van der Waals surface area contributed by atoms with E-state index >= 15 is 0 Å². The lowest BCUT2D eigenvalue weighted by molar-refractivity contribution is -0.146. The Hall–Kier alpha value is -3.88. The van der Waals surface area contributed by atoms with Gasteiger partial charge in [0.1, 0.15) is 25.0 Å². The van der Waals surface area contributed by atoms with E-state index in [0.29, 0.717) is 40.5 Å². The number of rotatable bonds is 6. The fraction of sp³-hybridized carbons (Fsp3) is 0.267. The van der Waals surface area contributed by atoms with Crippen LogP contribution in [0, 0.1) is 0 Å². The van der Waals surface area contributed by atoms with Gasteiger partial charge in [0.25, 0.3) is 0 Å². The Balaban J connectivity index is 1.29. The number of hydrogen-bond donors (Lipinski definition) is 0. The Morgan fingerprint density at radius 2 is 1.77 bits per heavy atom. The normalized spacial score (nSPS) is 17.4. The molecule has 0 N–H and O–H groups in total. The number of benzene rings is 3. The number of hydrogen-bond acceptors (Lipinski definition) is 7. The van der Waals surface area contributed by atoms with E-state index in [0.717, 1.165) is 22.3 Å². The molecule has 0 fully saturated rings. The zero-order chi connectivity index (χ0) is 28.4. The molecule has 0 bridgehead atoms. The Bertz CT molecular complexity index is 1460. The molecule has 40 heavy (non-hydrogen) atoms. The van der Waals surface area contributed by atoms with Crippen LogP contribution >= 0.6 is 23.2 Å². The number of carbonyl (C=O) groups excluding carboxylic acids is 2. The second-order valence-corrected chi connectivity index (χ2v) is 10.3. The van der Waals surface area contributed by atoms with Gasteiger partial charge >= 0.3 is 12.1 Å². The van der Waals surface area contributed by atoms with Crippen LogP contribution in [-0.4, -0.2) is 36.7 Å². The van der Waals surface area contributed by atoms with Crippen molar-refractivity contribution in [3.8, 4) is 17.2 Å². The summed E-state index contributed by atoms with van der Waals surface area (Å²) in [4.78, 5) is 26.5. The molecule has 3 aromatic carbocycles. The predicted molar refractivity (Wildman–Crippen MR) is 149 cm³/mol. The van der Waals surface area contributed by atoms with Gasteiger partial charge in [0.05, 0.1) is 29.5 Å². The monoisotopic (exact) mass is 583 g/mol. The molecular formula is C30H27Cl2NO7. The first-order valence-corrected chi connectivity index (χ1v) is 13.3. The minimum absolute atomic E-state index is 0.146. The van der Waals surface area contributed by atoms with Crippen molar-refractivity contribution in [3.05, 3.63) is 99.2 Å². The van der Waals surface area contributed by atoms with Crippen molar-refractivity contribution in [1.82, 2.24) is 4.90 Å². The van der Waals surface area contributed by atoms with E-state index < -0.39 is 18.1 Å². The summed E-state index contributed by atoms with van der Waals surface area (Å²) >= 11 is 12.1. The number of halogens is 2. The molecule has 8 nitrogen and oxygen atoms in total. The summed E-state index contributed by atoms with van der Waals surface area (Å²) in [6.45, 7) is 5.99. The lowest BCUT2D eigenvalue weighted by Gasteiger charge is -2.35. The van der Waals surface area contributed by atoms with Crippen LogP contribution in [0.15, 0.2) is 66.9 Å². The maximum Gasteiger partial charge on any atom is 0.415 e. The van der Waals surface area contributed by atoms with Crippen molar-refractivity contribution in [2.24, 2.45) is 0 Å². The number of allylic oxidation sites excluding steroid dienone is 1. The fourth-order valence-electron chi connectivity index (χ4n) is 4.64. The van der Waals surface area contributed by atoms with Gasteiger partial charge in [0.15, 0.2) is 17.6 Å². The van der Waals surface area contributed by atoms with Gasteiger partial charge in [-0.15, -0.1) is 0 Å². The zero-order valence-corrected chi connectivity index (χ0v) is 23.5. The maximum atomic E-state index is 12.7. The molecule has 10 heteroatoms. The molecule has 0 aromatic heterocycles. The van der Waals surface area contributed by atoms with E-state index in [-0.39, 0.29) is 24.8 Å². The van der Waals surface area contributed by atoms with Crippen molar-refractivity contribution in [3.63, 3.8) is 0 Å². The van der Waals surface area contributed by atoms with Gasteiger partial charge in [-0.2, -0.15) is 0 Å². The molecule has 0 saturated heterocycles. The summed E-state index contributed by atoms with van der Waals surface area (Å²) in [5.41, 5.74) is 3.53. The van der Waals surface area contributed by atoms with Crippen LogP contribution in [0.1, 0.15) is 35.3 Å². The molecule has 2 heterocycles. The largest absolute Gasteiger partial charge is 0.489 e. The summed E-state index contributed by atoms with van der Waals surface area (Å²) < 4.78 is 28.4. The number of carbonyl (C=O) groups is 2. The van der Waals surface area contributed by atoms with Crippen LogP contribution in [0.3, 0.4) is 0 Å². The van der Waals surface area contributed by atoms with E-state index in [1.54, 1.807) is 19.1 Å². The third-order valence-electron chi connectivity index (χ3n) is 6.67. The molecule has 0 radical (unpaired) electrons. The van der Waals surface area contributed by atoms with Crippen LogP contribution in [-0.2, 0) is 33.8 Å². The quantitative estimate of drug-likeness (QED) is 0.237. The van der Waals surface area contributed by atoms with Gasteiger partial charge < -0.3 is 23.7 Å². The van der Waals surface area contributed by atoms with Gasteiger partial charge in [0.2, 0.25) is 0 Å². The first-order chi connectivity index (χ1) is 19.2. The minimum Gasteiger partial charge on any atom is -0.489 e. The lowest BCUT2D eigenvalue weighted by Crippen LogP contribution is -2.49. The average molecular weight is 584 g/mol. The van der Waals surface area contributed by atoms with Crippen LogP contribution < -0.4 is 14.2 Å². The van der Waals surface area contributed by atoms with Gasteiger partial charge in [-0.1, -0.05) is 48.0 Å². The van der Waals surface area contributed by atoms with Gasteiger partial charge in [0, 0.05) is 6.42 Å². The van der Waals surface area contributed by atoms with E-state index in [1.807, 2.05) is 42.5 Å². The third-order valence-corrected chi connectivity index (χ3v) is 7.41. The molecule has 0 saturated carbocycles. The van der Waals surface area contributed by atoms with Gasteiger partial charge in [-0.3, -0.25) is 4.90 Å². The molecule has 2 aliphatic rings. The molecule has 1 amide bonds. The van der Waals surface area contributed by atoms with Crippen molar-refractivity contribution in [2.75, 3.05) is 13.7 Å². The fourth-order valence-corrected chi connectivity index (χ4v) is 4.96. The molecule has 0 spiro atoms. The smallest absolute Gasteiger partial charge is 0.415 e. The minimum atomic E-state index is -0.822. The van der Waals surface area contributed by atoms with E-state index in [9.17, 15) is 9.59 Å². The Labute approximate surface area is 241 Å². The van der Waals surface area contributed by atoms with Crippen LogP contribution in [0.4, 0.5) is 4.79 Å². The maximum absolute atomic E-state index is 12.7. The van der Waals surface area contributed by atoms with Crippen LogP contribution in [0.25, 0.3) is 0 Å². The summed E-state index contributed by atoms with van der Waals surface area (Å²) in [6.07, 6.45) is -0.745. The topological polar surface area (TPSA) is 83.5 Å². The number of nitrogens with zero attached hydrogens (tertiary/aromatic N) is 1. The number of esters is 1. The molecule has 5 rings (SSSR count). The average Bonchev–Trinajstić information content (AvgIpc) is 2.95. The first-order valence-electron chi connectivity index (χ1n) is 12.6. The second kappa shape index (κ2) is 11.7. The number of amides is 1. The number of ether oxygens (including phenoxy) is 5. The third kappa shape index (κ3) is 5.98. The molecule has 0 aliphatic carbocycles. The predicted octanol–water partition coefficient (Wildman–Crippen LogP) is 6.65. The van der Waals surface area contributed by atoms with Crippen molar-refractivity contribution >= 4 is 35.3 Å². The number of methoxy groups -OCH3 is 1. The van der Waals surface area contributed by atoms with E-state index in [1.165, 1.54) is 12.0 Å². The summed E-state index contributed by atoms with van der Waals surface area (Å²) in [5, 5.41) is 0.983. The summed E-state index contributed by atoms with van der Waals surface area (Å²) in [7, 11) is 1.29. The van der Waals surface area contributed by atoms with E-state index in [2.05, 4.69) is 6.58 Å². The molecular weight excluding hydrogens is 557 g/mol. The lowest BCUT2D eigenvalue weighted by atomic mass is 9.93.